The Hall–Kier alpha value is -1.17. The topological polar surface area (TPSA) is 65.6 Å². The number of aromatic nitrogens is 1. The molecular weight excluding hydrogens is 240 g/mol. The van der Waals surface area contributed by atoms with Gasteiger partial charge in [-0.15, -0.1) is 0 Å². The van der Waals surface area contributed by atoms with Gasteiger partial charge in [-0.1, -0.05) is 6.07 Å². The molecule has 0 spiro atoms. The number of aliphatic hydroxyl groups excluding tert-OH is 1. The van der Waals surface area contributed by atoms with Crippen LogP contribution in [0.3, 0.4) is 0 Å². The zero-order valence-electron chi connectivity index (χ0n) is 12.0. The van der Waals surface area contributed by atoms with Gasteiger partial charge in [0.1, 0.15) is 5.82 Å². The number of hydrogen-bond donors (Lipinski definition) is 2. The summed E-state index contributed by atoms with van der Waals surface area (Å²) in [4.78, 5) is 8.83. The van der Waals surface area contributed by atoms with Crippen LogP contribution >= 0.6 is 0 Å². The van der Waals surface area contributed by atoms with Crippen molar-refractivity contribution in [3.8, 4) is 0 Å². The number of likely N-dealkylation sites (N-methyl/N-ethyl adjacent to an activating group) is 1. The largest absolute Gasteiger partial charge is 0.391 e. The van der Waals surface area contributed by atoms with Crippen molar-refractivity contribution in [1.82, 2.24) is 9.88 Å². The molecular formula is C14H24N4O. The Morgan fingerprint density at radius 1 is 1.58 bits per heavy atom. The van der Waals surface area contributed by atoms with Crippen LogP contribution in [0.5, 0.6) is 0 Å². The van der Waals surface area contributed by atoms with Crippen LogP contribution in [0.15, 0.2) is 18.3 Å². The number of anilines is 1. The summed E-state index contributed by atoms with van der Waals surface area (Å²) in [5.41, 5.74) is 7.07. The summed E-state index contributed by atoms with van der Waals surface area (Å²) < 4.78 is 0. The summed E-state index contributed by atoms with van der Waals surface area (Å²) >= 11 is 0. The van der Waals surface area contributed by atoms with Gasteiger partial charge in [0.2, 0.25) is 0 Å². The van der Waals surface area contributed by atoms with Crippen molar-refractivity contribution < 1.29 is 5.11 Å². The Kier molecular flexibility index (Phi) is 4.39. The summed E-state index contributed by atoms with van der Waals surface area (Å²) in [6, 6.07) is 4.17. The first kappa shape index (κ1) is 14.2. The lowest BCUT2D eigenvalue weighted by Gasteiger charge is -2.30. The van der Waals surface area contributed by atoms with E-state index in [1.165, 1.54) is 0 Å². The van der Waals surface area contributed by atoms with Gasteiger partial charge >= 0.3 is 0 Å². The first-order valence-corrected chi connectivity index (χ1v) is 6.79. The van der Waals surface area contributed by atoms with Crippen molar-refractivity contribution in [2.75, 3.05) is 32.1 Å². The molecule has 0 aliphatic carbocycles. The average Bonchev–Trinajstić information content (AvgIpc) is 2.69. The molecule has 1 aromatic rings. The Morgan fingerprint density at radius 3 is 2.95 bits per heavy atom. The highest BCUT2D eigenvalue weighted by atomic mass is 16.3. The molecule has 5 heteroatoms. The first-order chi connectivity index (χ1) is 8.99. The molecule has 19 heavy (non-hydrogen) atoms. The maximum Gasteiger partial charge on any atom is 0.133 e. The van der Waals surface area contributed by atoms with E-state index in [9.17, 15) is 5.11 Å². The second-order valence-corrected chi connectivity index (χ2v) is 5.66. The average molecular weight is 264 g/mol. The molecule has 3 atom stereocenters. The van der Waals surface area contributed by atoms with E-state index < -0.39 is 0 Å². The van der Waals surface area contributed by atoms with Gasteiger partial charge in [-0.05, 0) is 33.5 Å². The van der Waals surface area contributed by atoms with E-state index >= 15 is 0 Å². The quantitative estimate of drug-likeness (QED) is 0.834. The summed E-state index contributed by atoms with van der Waals surface area (Å²) in [7, 11) is 4.10. The number of aliphatic hydroxyl groups is 1. The van der Waals surface area contributed by atoms with Crippen LogP contribution in [0.4, 0.5) is 5.82 Å². The third-order valence-electron chi connectivity index (χ3n) is 3.55. The summed E-state index contributed by atoms with van der Waals surface area (Å²) in [6.45, 7) is 3.51. The van der Waals surface area contributed by atoms with Gasteiger partial charge in [-0.3, -0.25) is 0 Å². The number of rotatable bonds is 4. The fourth-order valence-corrected chi connectivity index (χ4v) is 2.75. The first-order valence-electron chi connectivity index (χ1n) is 6.79. The number of nitrogens with two attached hydrogens (primary N) is 1. The van der Waals surface area contributed by atoms with Crippen molar-refractivity contribution >= 4 is 5.82 Å². The van der Waals surface area contributed by atoms with Gasteiger partial charge in [0, 0.05) is 36.9 Å². The molecule has 3 N–H and O–H groups in total. The molecule has 1 aliphatic heterocycles. The standard InChI is InChI=1S/C14H24N4O/c1-10(15)13-5-4-6-16-14(13)18-9-12(19)7-11(18)8-17(2)3/h4-6,10-12,19H,7-9,15H2,1-3H3/t10-,11?,12?/m0/s1. The van der Waals surface area contributed by atoms with Crippen molar-refractivity contribution in [3.63, 3.8) is 0 Å². The normalized spacial score (nSPS) is 25.1. The molecule has 2 unspecified atom stereocenters. The highest BCUT2D eigenvalue weighted by molar-refractivity contribution is 5.50. The SMILES string of the molecule is C[C@H](N)c1cccnc1N1CC(O)CC1CN(C)C. The third kappa shape index (κ3) is 3.23. The van der Waals surface area contributed by atoms with E-state index in [1.807, 2.05) is 33.2 Å². The zero-order chi connectivity index (χ0) is 14.0. The van der Waals surface area contributed by atoms with Gasteiger partial charge in [0.15, 0.2) is 0 Å². The third-order valence-corrected chi connectivity index (χ3v) is 3.55. The number of β-amino-alcohol motifs (C(OH)–C–C–N with tert-alkyl or cyclic N) is 1. The Labute approximate surface area is 115 Å². The smallest absolute Gasteiger partial charge is 0.133 e. The van der Waals surface area contributed by atoms with Crippen LogP contribution < -0.4 is 10.6 Å². The predicted molar refractivity (Wildman–Crippen MR) is 77.2 cm³/mol. The molecule has 0 saturated carbocycles. The molecule has 1 saturated heterocycles. The lowest BCUT2D eigenvalue weighted by Crippen LogP contribution is -2.38. The van der Waals surface area contributed by atoms with Gasteiger partial charge in [0.25, 0.3) is 0 Å². The fourth-order valence-electron chi connectivity index (χ4n) is 2.75. The van der Waals surface area contributed by atoms with Crippen molar-refractivity contribution in [2.45, 2.75) is 31.5 Å². The number of pyridine rings is 1. The molecule has 2 rings (SSSR count). The van der Waals surface area contributed by atoms with E-state index in [0.717, 1.165) is 24.3 Å². The van der Waals surface area contributed by atoms with Crippen molar-refractivity contribution in [1.29, 1.82) is 0 Å². The van der Waals surface area contributed by atoms with Gasteiger partial charge in [-0.25, -0.2) is 4.98 Å². The highest BCUT2D eigenvalue weighted by Gasteiger charge is 2.33. The predicted octanol–water partition coefficient (Wildman–Crippen LogP) is 0.602. The molecule has 0 aromatic carbocycles. The monoisotopic (exact) mass is 264 g/mol. The maximum atomic E-state index is 9.95. The molecule has 0 radical (unpaired) electrons. The number of nitrogens with zero attached hydrogens (tertiary/aromatic N) is 3. The minimum absolute atomic E-state index is 0.0542. The van der Waals surface area contributed by atoms with Crippen LogP contribution in [0, 0.1) is 0 Å². The van der Waals surface area contributed by atoms with Gasteiger partial charge < -0.3 is 20.6 Å². The second kappa shape index (κ2) is 5.86. The number of hydrogen-bond acceptors (Lipinski definition) is 5. The Balaban J connectivity index is 2.28. The van der Waals surface area contributed by atoms with E-state index in [1.54, 1.807) is 6.20 Å². The van der Waals surface area contributed by atoms with Crippen molar-refractivity contribution in [2.24, 2.45) is 5.73 Å². The molecule has 106 valence electrons. The van der Waals surface area contributed by atoms with Crippen LogP contribution in [0.25, 0.3) is 0 Å². The van der Waals surface area contributed by atoms with Crippen molar-refractivity contribution in [3.05, 3.63) is 23.9 Å². The summed E-state index contributed by atoms with van der Waals surface area (Å²) in [5, 5.41) is 9.95. The molecule has 0 amide bonds. The molecule has 1 aromatic heterocycles. The van der Waals surface area contributed by atoms with Crippen LogP contribution in [-0.4, -0.2) is 54.3 Å². The highest BCUT2D eigenvalue weighted by Crippen LogP contribution is 2.29. The second-order valence-electron chi connectivity index (χ2n) is 5.66. The molecule has 1 aliphatic rings. The Bertz CT molecular complexity index is 422. The van der Waals surface area contributed by atoms with Crippen LogP contribution in [-0.2, 0) is 0 Å². The molecule has 0 bridgehead atoms. The van der Waals surface area contributed by atoms with Gasteiger partial charge in [-0.2, -0.15) is 0 Å². The lowest BCUT2D eigenvalue weighted by molar-refractivity contribution is 0.191. The van der Waals surface area contributed by atoms with E-state index in [2.05, 4.69) is 14.8 Å². The molecule has 5 nitrogen and oxygen atoms in total. The lowest BCUT2D eigenvalue weighted by atomic mass is 10.1. The van der Waals surface area contributed by atoms with E-state index in [4.69, 9.17) is 5.73 Å². The van der Waals surface area contributed by atoms with Crippen LogP contribution in [0.1, 0.15) is 24.9 Å². The van der Waals surface area contributed by atoms with E-state index in [0.29, 0.717) is 6.54 Å². The maximum absolute atomic E-state index is 9.95. The fraction of sp³-hybridized carbons (Fsp3) is 0.643. The van der Waals surface area contributed by atoms with E-state index in [-0.39, 0.29) is 18.2 Å². The summed E-state index contributed by atoms with van der Waals surface area (Å²) in [6.07, 6.45) is 2.29. The minimum atomic E-state index is -0.284. The van der Waals surface area contributed by atoms with Gasteiger partial charge in [0.05, 0.1) is 6.10 Å². The summed E-state index contributed by atoms with van der Waals surface area (Å²) in [5.74, 6) is 0.918. The minimum Gasteiger partial charge on any atom is -0.391 e. The zero-order valence-corrected chi connectivity index (χ0v) is 12.0. The van der Waals surface area contributed by atoms with Crippen LogP contribution in [0.2, 0.25) is 0 Å². The molecule has 1 fully saturated rings. The Morgan fingerprint density at radius 2 is 2.32 bits per heavy atom. The molecule has 2 heterocycles.